The lowest BCUT2D eigenvalue weighted by Gasteiger charge is -2.36. The van der Waals surface area contributed by atoms with E-state index < -0.39 is 29.9 Å². The van der Waals surface area contributed by atoms with Gasteiger partial charge in [0.2, 0.25) is 0 Å². The van der Waals surface area contributed by atoms with E-state index in [1.165, 1.54) is 75.1 Å². The molecule has 2 amide bonds. The highest BCUT2D eigenvalue weighted by molar-refractivity contribution is 7.82. The van der Waals surface area contributed by atoms with Gasteiger partial charge in [-0.05, 0) is 48.6 Å². The van der Waals surface area contributed by atoms with Crippen LogP contribution in [0.5, 0.6) is 23.0 Å². The van der Waals surface area contributed by atoms with E-state index in [1.54, 1.807) is 12.1 Å². The number of ether oxygens (including phenoxy) is 5. The molecule has 11 nitrogen and oxygen atoms in total. The Hall–Kier alpha value is -4.97. The molecule has 2 aromatic carbocycles. The maximum Gasteiger partial charge on any atom is 0.338 e. The maximum absolute atomic E-state index is 13.4. The van der Waals surface area contributed by atoms with Gasteiger partial charge < -0.3 is 23.7 Å². The molecule has 3 aliphatic heterocycles. The van der Waals surface area contributed by atoms with Gasteiger partial charge in [0.05, 0.1) is 32.3 Å². The summed E-state index contributed by atoms with van der Waals surface area (Å²) in [6, 6.07) is 8.20. The Bertz CT molecular complexity index is 1540. The molecule has 12 heteroatoms. The third-order valence-corrected chi connectivity index (χ3v) is 6.91. The van der Waals surface area contributed by atoms with Crippen molar-refractivity contribution in [2.45, 2.75) is 12.1 Å². The molecule has 2 atom stereocenters. The van der Waals surface area contributed by atoms with Gasteiger partial charge in [-0.25, -0.2) is 4.79 Å². The Morgan fingerprint density at radius 2 is 1.70 bits per heavy atom. The minimum absolute atomic E-state index is 0.101. The van der Waals surface area contributed by atoms with Crippen molar-refractivity contribution in [3.8, 4) is 23.0 Å². The van der Waals surface area contributed by atoms with Crippen LogP contribution < -0.4 is 14.2 Å². The topological polar surface area (TPSA) is 121 Å². The van der Waals surface area contributed by atoms with Crippen LogP contribution in [0.4, 0.5) is 0 Å². The van der Waals surface area contributed by atoms with Crippen LogP contribution in [-0.4, -0.2) is 72.3 Å². The summed E-state index contributed by atoms with van der Waals surface area (Å²) in [4.78, 5) is 52.7. The Kier molecular flexibility index (Phi) is 7.09. The highest BCUT2D eigenvalue weighted by Crippen LogP contribution is 2.39. The number of thiocarbonyl (C=S) groups is 1. The van der Waals surface area contributed by atoms with Crippen LogP contribution in [0, 0.1) is 0 Å². The van der Waals surface area contributed by atoms with Crippen LogP contribution in [-0.2, 0) is 19.1 Å². The number of methoxy groups -OCH3 is 2. The Balaban J connectivity index is 1.43. The lowest BCUT2D eigenvalue weighted by Crippen LogP contribution is -2.57. The minimum Gasteiger partial charge on any atom is -0.493 e. The van der Waals surface area contributed by atoms with Crippen molar-refractivity contribution in [1.29, 1.82) is 0 Å². The number of amides is 2. The fraction of sp³-hybridized carbons (Fsp3) is 0.179. The summed E-state index contributed by atoms with van der Waals surface area (Å²) >= 11 is 5.16. The monoisotopic (exact) mass is 562 g/mol. The molecule has 40 heavy (non-hydrogen) atoms. The first-order valence-corrected chi connectivity index (χ1v) is 12.3. The number of likely N-dealkylation sites (N-methyl/N-ethyl adjacent to an activating group) is 1. The fourth-order valence-electron chi connectivity index (χ4n) is 4.45. The average molecular weight is 563 g/mol. The summed E-state index contributed by atoms with van der Waals surface area (Å²) in [6.45, 7) is 0. The van der Waals surface area contributed by atoms with Crippen LogP contribution in [0.15, 0.2) is 72.3 Å². The van der Waals surface area contributed by atoms with Gasteiger partial charge in [0.15, 0.2) is 28.0 Å². The molecule has 2 aromatic rings. The third-order valence-electron chi connectivity index (χ3n) is 6.46. The van der Waals surface area contributed by atoms with Gasteiger partial charge >= 0.3 is 5.97 Å². The van der Waals surface area contributed by atoms with E-state index in [0.29, 0.717) is 28.9 Å². The quantitative estimate of drug-likeness (QED) is 0.283. The number of piperazine rings is 1. The molecular formula is C28H22N2O9S. The second kappa shape index (κ2) is 10.7. The first-order chi connectivity index (χ1) is 19.3. The molecule has 3 aliphatic rings. The molecule has 1 saturated heterocycles. The first-order valence-electron chi connectivity index (χ1n) is 11.9. The highest BCUT2D eigenvalue weighted by Gasteiger charge is 2.49. The zero-order valence-corrected chi connectivity index (χ0v) is 22.3. The van der Waals surface area contributed by atoms with Crippen molar-refractivity contribution in [1.82, 2.24) is 9.80 Å². The molecular weight excluding hydrogens is 540 g/mol. The van der Waals surface area contributed by atoms with Gasteiger partial charge in [-0.2, -0.15) is 0 Å². The number of carbonyl (C=O) groups excluding carboxylic acids is 4. The number of esters is 1. The van der Waals surface area contributed by atoms with E-state index in [1.807, 2.05) is 0 Å². The Morgan fingerprint density at radius 3 is 2.40 bits per heavy atom. The molecule has 1 fully saturated rings. The summed E-state index contributed by atoms with van der Waals surface area (Å²) in [7, 11) is 4.31. The number of rotatable bonds is 7. The van der Waals surface area contributed by atoms with Gasteiger partial charge in [0, 0.05) is 18.2 Å². The fourth-order valence-corrected chi connectivity index (χ4v) is 4.63. The molecule has 204 valence electrons. The molecule has 0 spiro atoms. The van der Waals surface area contributed by atoms with Crippen molar-refractivity contribution in [2.24, 2.45) is 0 Å². The number of carbonyl (C=O) groups is 4. The van der Waals surface area contributed by atoms with Gasteiger partial charge in [0.25, 0.3) is 11.8 Å². The molecule has 0 radical (unpaired) electrons. The predicted octanol–water partition coefficient (Wildman–Crippen LogP) is 3.16. The van der Waals surface area contributed by atoms with Crippen LogP contribution in [0.25, 0.3) is 0 Å². The highest BCUT2D eigenvalue weighted by atomic mass is 32.1. The predicted molar refractivity (Wildman–Crippen MR) is 143 cm³/mol. The normalized spacial score (nSPS) is 19.5. The summed E-state index contributed by atoms with van der Waals surface area (Å²) in [5.41, 5.74) is 1.02. The lowest BCUT2D eigenvalue weighted by molar-refractivity contribution is -0.135. The number of benzene rings is 2. The lowest BCUT2D eigenvalue weighted by atomic mass is 10.0. The summed E-state index contributed by atoms with van der Waals surface area (Å²) in [6.07, 6.45) is 5.33. The van der Waals surface area contributed by atoms with Crippen LogP contribution in [0.2, 0.25) is 0 Å². The van der Waals surface area contributed by atoms with E-state index >= 15 is 0 Å². The third kappa shape index (κ3) is 4.58. The van der Waals surface area contributed by atoms with E-state index in [2.05, 4.69) is 0 Å². The number of nitrogens with zero attached hydrogens (tertiary/aromatic N) is 2. The number of fused-ring (bicyclic) bond motifs is 3. The molecule has 0 saturated carbocycles. The molecule has 0 aromatic heterocycles. The molecule has 5 rings (SSSR count). The summed E-state index contributed by atoms with van der Waals surface area (Å²) in [5, 5.41) is 0. The number of hydrogen-bond acceptors (Lipinski definition) is 10. The zero-order valence-electron chi connectivity index (χ0n) is 21.5. The van der Waals surface area contributed by atoms with Crippen LogP contribution >= 0.6 is 12.2 Å². The summed E-state index contributed by atoms with van der Waals surface area (Å²) < 4.78 is 27.9. The largest absolute Gasteiger partial charge is 0.493 e. The second-order valence-corrected chi connectivity index (χ2v) is 9.15. The van der Waals surface area contributed by atoms with Gasteiger partial charge in [-0.3, -0.25) is 24.2 Å². The van der Waals surface area contributed by atoms with E-state index in [0.717, 1.165) is 4.90 Å². The maximum atomic E-state index is 13.4. The van der Waals surface area contributed by atoms with Crippen molar-refractivity contribution in [3.05, 3.63) is 83.5 Å². The first kappa shape index (κ1) is 26.6. The van der Waals surface area contributed by atoms with E-state index in [4.69, 9.17) is 35.9 Å². The molecule has 0 aliphatic carbocycles. The van der Waals surface area contributed by atoms with Crippen molar-refractivity contribution < 1.29 is 42.9 Å². The standard InChI is InChI=1S/C28H22N2O9S/c1-29-25(32)18-11-17-14-37-9-8-21(24(17)30(18)26(33)27(29)40)39-28(34)16-5-7-20(36-3)23(12-16)38-22-10-15(13-31)4-6-19(22)35-2/h4-14,21,24H,1-3H3. The van der Waals surface area contributed by atoms with Crippen molar-refractivity contribution in [2.75, 3.05) is 21.3 Å². The van der Waals surface area contributed by atoms with Gasteiger partial charge in [0.1, 0.15) is 24.1 Å². The number of aldehydes is 1. The van der Waals surface area contributed by atoms with Crippen LogP contribution in [0.3, 0.4) is 0 Å². The minimum atomic E-state index is -1.02. The van der Waals surface area contributed by atoms with Gasteiger partial charge in [-0.15, -0.1) is 0 Å². The summed E-state index contributed by atoms with van der Waals surface area (Å²) in [5.74, 6) is -0.721. The number of hydrogen-bond donors (Lipinski definition) is 0. The van der Waals surface area contributed by atoms with Crippen LogP contribution in [0.1, 0.15) is 20.7 Å². The SMILES string of the molecule is COc1ccc(C=O)cc1Oc1cc(C(=O)OC2C=COC=C3C=C4C(=O)N(C)C(=S)C(=O)N4C32)ccc1OC. The molecule has 3 heterocycles. The molecule has 2 unspecified atom stereocenters. The zero-order chi connectivity index (χ0) is 28.6. The average Bonchev–Trinajstić information content (AvgIpc) is 3.25. The molecule has 0 bridgehead atoms. The second-order valence-electron chi connectivity index (χ2n) is 8.77. The Morgan fingerprint density at radius 1 is 1.00 bits per heavy atom. The van der Waals surface area contributed by atoms with E-state index in [9.17, 15) is 19.2 Å². The van der Waals surface area contributed by atoms with Crippen molar-refractivity contribution >= 4 is 41.3 Å². The Labute approximate surface area is 233 Å². The molecule has 0 N–H and O–H groups in total. The van der Waals surface area contributed by atoms with Gasteiger partial charge in [-0.1, -0.05) is 12.2 Å². The smallest absolute Gasteiger partial charge is 0.338 e. The van der Waals surface area contributed by atoms with E-state index in [-0.39, 0.29) is 27.7 Å². The van der Waals surface area contributed by atoms with Crippen molar-refractivity contribution in [3.63, 3.8) is 0 Å².